The molecular formula is C22H23N3O3S. The monoisotopic (exact) mass is 409 g/mol. The number of H-pyrrole nitrogens is 1. The molecule has 29 heavy (non-hydrogen) atoms. The van der Waals surface area contributed by atoms with Crippen molar-refractivity contribution in [1.29, 1.82) is 0 Å². The average molecular weight is 410 g/mol. The Morgan fingerprint density at radius 3 is 2.41 bits per heavy atom. The minimum Gasteiger partial charge on any atom is -0.358 e. The molecule has 3 heterocycles. The number of hydrogen-bond acceptors (Lipinski definition) is 3. The zero-order chi connectivity index (χ0) is 20.0. The summed E-state index contributed by atoms with van der Waals surface area (Å²) in [5.41, 5.74) is 3.99. The average Bonchev–Trinajstić information content (AvgIpc) is 3.41. The Balaban J connectivity index is 1.37. The Hall–Kier alpha value is -2.64. The molecule has 1 amide bonds. The molecule has 1 N–H and O–H groups in total. The zero-order valence-electron chi connectivity index (χ0n) is 16.1. The first-order valence-electron chi connectivity index (χ1n) is 10.0. The van der Waals surface area contributed by atoms with E-state index in [9.17, 15) is 13.2 Å². The van der Waals surface area contributed by atoms with Crippen molar-refractivity contribution in [3.8, 4) is 0 Å². The van der Waals surface area contributed by atoms with Gasteiger partial charge in [-0.1, -0.05) is 18.2 Å². The van der Waals surface area contributed by atoms with Crippen molar-refractivity contribution in [3.05, 3.63) is 65.4 Å². The fraction of sp³-hybridized carbons (Fsp3) is 0.318. The van der Waals surface area contributed by atoms with Crippen molar-refractivity contribution >= 4 is 26.8 Å². The molecule has 2 aliphatic rings. The highest BCUT2D eigenvalue weighted by Gasteiger charge is 2.28. The lowest BCUT2D eigenvalue weighted by molar-refractivity contribution is 0.0735. The fourth-order valence-corrected chi connectivity index (χ4v) is 5.89. The number of carbonyl (C=O) groups excluding carboxylic acids is 1. The van der Waals surface area contributed by atoms with Crippen LogP contribution in [0.5, 0.6) is 0 Å². The highest BCUT2D eigenvalue weighted by molar-refractivity contribution is 7.89. The van der Waals surface area contributed by atoms with Crippen LogP contribution in [0, 0.1) is 0 Å². The van der Waals surface area contributed by atoms with E-state index in [0.717, 1.165) is 30.2 Å². The summed E-state index contributed by atoms with van der Waals surface area (Å²) in [5.74, 6) is -0.0638. The third-order valence-corrected chi connectivity index (χ3v) is 7.89. The maximum atomic E-state index is 13.0. The van der Waals surface area contributed by atoms with E-state index in [1.807, 2.05) is 17.0 Å². The van der Waals surface area contributed by atoms with Crippen LogP contribution in [0.1, 0.15) is 34.5 Å². The molecule has 2 aromatic carbocycles. The molecule has 6 nitrogen and oxygen atoms in total. The molecule has 2 aliphatic heterocycles. The van der Waals surface area contributed by atoms with Gasteiger partial charge in [-0.2, -0.15) is 4.31 Å². The van der Waals surface area contributed by atoms with E-state index < -0.39 is 10.0 Å². The van der Waals surface area contributed by atoms with Gasteiger partial charge in [0.15, 0.2) is 0 Å². The SMILES string of the molecule is O=C(c1ccc(S(=O)(=O)N2CCCC2)cc1)N1CCc2[nH]c3ccccc3c2C1. The Bertz CT molecular complexity index is 1180. The van der Waals surface area contributed by atoms with E-state index in [4.69, 9.17) is 0 Å². The number of sulfonamides is 1. The topological polar surface area (TPSA) is 73.5 Å². The van der Waals surface area contributed by atoms with Crippen LogP contribution in [0.25, 0.3) is 10.9 Å². The Labute approximate surface area is 170 Å². The lowest BCUT2D eigenvalue weighted by atomic mass is 10.0. The molecule has 0 bridgehead atoms. The predicted molar refractivity (Wildman–Crippen MR) is 111 cm³/mol. The van der Waals surface area contributed by atoms with Crippen molar-refractivity contribution in [2.75, 3.05) is 19.6 Å². The van der Waals surface area contributed by atoms with Gasteiger partial charge >= 0.3 is 0 Å². The van der Waals surface area contributed by atoms with E-state index in [2.05, 4.69) is 17.1 Å². The number of para-hydroxylation sites is 1. The Morgan fingerprint density at radius 2 is 1.66 bits per heavy atom. The quantitative estimate of drug-likeness (QED) is 0.722. The van der Waals surface area contributed by atoms with Gasteiger partial charge in [0.05, 0.1) is 4.90 Å². The summed E-state index contributed by atoms with van der Waals surface area (Å²) in [6, 6.07) is 14.5. The maximum absolute atomic E-state index is 13.0. The van der Waals surface area contributed by atoms with E-state index >= 15 is 0 Å². The van der Waals surface area contributed by atoms with Gasteiger partial charge in [-0.05, 0) is 43.2 Å². The molecule has 150 valence electrons. The molecule has 0 saturated carbocycles. The number of nitrogens with zero attached hydrogens (tertiary/aromatic N) is 2. The molecule has 3 aromatic rings. The minimum atomic E-state index is -3.46. The third-order valence-electron chi connectivity index (χ3n) is 5.97. The van der Waals surface area contributed by atoms with Crippen LogP contribution in [-0.2, 0) is 23.0 Å². The minimum absolute atomic E-state index is 0.0638. The van der Waals surface area contributed by atoms with Crippen LogP contribution in [-0.4, -0.2) is 48.1 Å². The predicted octanol–water partition coefficient (Wildman–Crippen LogP) is 3.15. The van der Waals surface area contributed by atoms with Gasteiger partial charge in [-0.3, -0.25) is 4.79 Å². The van der Waals surface area contributed by atoms with Gasteiger partial charge in [0, 0.05) is 60.3 Å². The molecule has 1 fully saturated rings. The van der Waals surface area contributed by atoms with Crippen molar-refractivity contribution in [2.45, 2.75) is 30.7 Å². The molecule has 0 atom stereocenters. The largest absolute Gasteiger partial charge is 0.358 e. The molecule has 1 saturated heterocycles. The number of aromatic amines is 1. The number of rotatable bonds is 3. The second-order valence-electron chi connectivity index (χ2n) is 7.74. The number of nitrogens with one attached hydrogen (secondary N) is 1. The van der Waals surface area contributed by atoms with E-state index in [0.29, 0.717) is 31.7 Å². The smallest absolute Gasteiger partial charge is 0.254 e. The maximum Gasteiger partial charge on any atom is 0.254 e. The first kappa shape index (κ1) is 18.4. The molecule has 5 rings (SSSR count). The molecule has 7 heteroatoms. The van der Waals surface area contributed by atoms with E-state index in [1.54, 1.807) is 24.3 Å². The third kappa shape index (κ3) is 3.14. The zero-order valence-corrected chi connectivity index (χ0v) is 16.9. The van der Waals surface area contributed by atoms with E-state index in [-0.39, 0.29) is 10.8 Å². The van der Waals surface area contributed by atoms with Crippen molar-refractivity contribution < 1.29 is 13.2 Å². The molecule has 0 unspecified atom stereocenters. The van der Waals surface area contributed by atoms with Gasteiger partial charge in [0.25, 0.3) is 5.91 Å². The molecule has 1 aromatic heterocycles. The van der Waals surface area contributed by atoms with Crippen LogP contribution in [0.15, 0.2) is 53.4 Å². The summed E-state index contributed by atoms with van der Waals surface area (Å²) in [6.45, 7) is 2.35. The highest BCUT2D eigenvalue weighted by atomic mass is 32.2. The number of carbonyl (C=O) groups is 1. The number of hydrogen-bond donors (Lipinski definition) is 1. The summed E-state index contributed by atoms with van der Waals surface area (Å²) in [5, 5.41) is 1.16. The Kier molecular flexibility index (Phi) is 4.44. The highest BCUT2D eigenvalue weighted by Crippen LogP contribution is 2.28. The van der Waals surface area contributed by atoms with Gasteiger partial charge < -0.3 is 9.88 Å². The fourth-order valence-electron chi connectivity index (χ4n) is 4.37. The number of fused-ring (bicyclic) bond motifs is 3. The van der Waals surface area contributed by atoms with Crippen LogP contribution in [0.4, 0.5) is 0 Å². The van der Waals surface area contributed by atoms with Crippen LogP contribution in [0.3, 0.4) is 0 Å². The number of benzene rings is 2. The Morgan fingerprint density at radius 1 is 0.931 bits per heavy atom. The van der Waals surface area contributed by atoms with Crippen molar-refractivity contribution in [1.82, 2.24) is 14.2 Å². The molecule has 0 aliphatic carbocycles. The van der Waals surface area contributed by atoms with Gasteiger partial charge in [-0.25, -0.2) is 8.42 Å². The second kappa shape index (κ2) is 7.00. The first-order valence-corrected chi connectivity index (χ1v) is 11.5. The lowest BCUT2D eigenvalue weighted by Crippen LogP contribution is -2.35. The van der Waals surface area contributed by atoms with Crippen LogP contribution in [0.2, 0.25) is 0 Å². The van der Waals surface area contributed by atoms with Gasteiger partial charge in [0.1, 0.15) is 0 Å². The molecular weight excluding hydrogens is 386 g/mol. The lowest BCUT2D eigenvalue weighted by Gasteiger charge is -2.27. The summed E-state index contributed by atoms with van der Waals surface area (Å²) in [6.07, 6.45) is 2.60. The summed E-state index contributed by atoms with van der Waals surface area (Å²) in [7, 11) is -3.46. The van der Waals surface area contributed by atoms with Crippen molar-refractivity contribution in [3.63, 3.8) is 0 Å². The standard InChI is InChI=1S/C22H23N3O3S/c26-22(16-7-9-17(10-8-16)29(27,28)25-12-3-4-13-25)24-14-11-21-19(15-24)18-5-1-2-6-20(18)23-21/h1-2,5-10,23H,3-4,11-15H2. The summed E-state index contributed by atoms with van der Waals surface area (Å²) in [4.78, 5) is 18.6. The molecule has 0 radical (unpaired) electrons. The number of aromatic nitrogens is 1. The summed E-state index contributed by atoms with van der Waals surface area (Å²) < 4.78 is 26.9. The first-order chi connectivity index (χ1) is 14.0. The number of amides is 1. The van der Waals surface area contributed by atoms with Gasteiger partial charge in [0.2, 0.25) is 10.0 Å². The van der Waals surface area contributed by atoms with Gasteiger partial charge in [-0.15, -0.1) is 0 Å². The molecule has 0 spiro atoms. The van der Waals surface area contributed by atoms with E-state index in [1.165, 1.54) is 15.6 Å². The van der Waals surface area contributed by atoms with Crippen LogP contribution < -0.4 is 0 Å². The normalized spacial score (nSPS) is 17.6. The van der Waals surface area contributed by atoms with Crippen LogP contribution >= 0.6 is 0 Å². The second-order valence-corrected chi connectivity index (χ2v) is 9.68. The van der Waals surface area contributed by atoms with Crippen molar-refractivity contribution in [2.24, 2.45) is 0 Å². The summed E-state index contributed by atoms with van der Waals surface area (Å²) >= 11 is 0.